The van der Waals surface area contributed by atoms with E-state index in [9.17, 15) is 4.79 Å². The third-order valence-electron chi connectivity index (χ3n) is 3.07. The molecular formula is C13H26O. The van der Waals surface area contributed by atoms with Crippen molar-refractivity contribution in [2.75, 3.05) is 0 Å². The summed E-state index contributed by atoms with van der Waals surface area (Å²) in [6.45, 7) is 8.57. The molecule has 0 saturated carbocycles. The van der Waals surface area contributed by atoms with Gasteiger partial charge in [0.25, 0.3) is 0 Å². The molecule has 1 heteroatoms. The predicted molar refractivity (Wildman–Crippen MR) is 62.4 cm³/mol. The van der Waals surface area contributed by atoms with E-state index >= 15 is 0 Å². The Kier molecular flexibility index (Phi) is 7.83. The third kappa shape index (κ3) is 8.28. The van der Waals surface area contributed by atoms with Crippen LogP contribution in [0.15, 0.2) is 0 Å². The standard InChI is InChI=1S/C13H26O/c1-5-11(2)9-10-12(3)7-6-8-13(4)14/h11-12H,5-10H2,1-4H3. The number of hydrogen-bond acceptors (Lipinski definition) is 1. The van der Waals surface area contributed by atoms with E-state index in [1.165, 1.54) is 25.7 Å². The van der Waals surface area contributed by atoms with Gasteiger partial charge in [-0.25, -0.2) is 0 Å². The average molecular weight is 198 g/mol. The van der Waals surface area contributed by atoms with Crippen molar-refractivity contribution >= 4 is 5.78 Å². The molecule has 0 amide bonds. The number of carbonyl (C=O) groups is 1. The van der Waals surface area contributed by atoms with Gasteiger partial charge >= 0.3 is 0 Å². The number of Topliss-reactive ketones (excluding diaryl/α,β-unsaturated/α-hetero) is 1. The van der Waals surface area contributed by atoms with Gasteiger partial charge in [-0.1, -0.05) is 46.5 Å². The summed E-state index contributed by atoms with van der Waals surface area (Å²) in [4.78, 5) is 10.7. The highest BCUT2D eigenvalue weighted by molar-refractivity contribution is 5.75. The van der Waals surface area contributed by atoms with Crippen molar-refractivity contribution in [2.24, 2.45) is 11.8 Å². The van der Waals surface area contributed by atoms with Crippen LogP contribution in [0.5, 0.6) is 0 Å². The fourth-order valence-electron chi connectivity index (χ4n) is 1.62. The molecule has 0 aromatic heterocycles. The number of carbonyl (C=O) groups excluding carboxylic acids is 1. The highest BCUT2D eigenvalue weighted by Crippen LogP contribution is 2.18. The van der Waals surface area contributed by atoms with E-state index in [1.807, 2.05) is 0 Å². The number of ketones is 1. The lowest BCUT2D eigenvalue weighted by molar-refractivity contribution is -0.117. The van der Waals surface area contributed by atoms with Crippen LogP contribution in [0.2, 0.25) is 0 Å². The minimum Gasteiger partial charge on any atom is -0.300 e. The van der Waals surface area contributed by atoms with Crippen molar-refractivity contribution in [1.82, 2.24) is 0 Å². The molecule has 0 radical (unpaired) electrons. The second-order valence-corrected chi connectivity index (χ2v) is 4.79. The molecule has 1 nitrogen and oxygen atoms in total. The van der Waals surface area contributed by atoms with Gasteiger partial charge in [0.05, 0.1) is 0 Å². The summed E-state index contributed by atoms with van der Waals surface area (Å²) in [5.74, 6) is 1.99. The fraction of sp³-hybridized carbons (Fsp3) is 0.923. The van der Waals surface area contributed by atoms with Crippen molar-refractivity contribution in [3.63, 3.8) is 0 Å². The van der Waals surface area contributed by atoms with Gasteiger partial charge in [-0.3, -0.25) is 0 Å². The van der Waals surface area contributed by atoms with Crippen molar-refractivity contribution in [2.45, 2.75) is 66.2 Å². The average Bonchev–Trinajstić information content (AvgIpc) is 2.13. The Morgan fingerprint density at radius 3 is 2.14 bits per heavy atom. The molecule has 2 unspecified atom stereocenters. The maximum Gasteiger partial charge on any atom is 0.129 e. The van der Waals surface area contributed by atoms with Gasteiger partial charge in [0, 0.05) is 6.42 Å². The largest absolute Gasteiger partial charge is 0.300 e. The van der Waals surface area contributed by atoms with Crippen LogP contribution in [0.3, 0.4) is 0 Å². The SMILES string of the molecule is CCC(C)CCC(C)CCCC(C)=O. The summed E-state index contributed by atoms with van der Waals surface area (Å²) in [5.41, 5.74) is 0. The summed E-state index contributed by atoms with van der Waals surface area (Å²) in [6.07, 6.45) is 7.03. The van der Waals surface area contributed by atoms with Crippen molar-refractivity contribution in [3.05, 3.63) is 0 Å². The molecule has 0 aliphatic heterocycles. The number of rotatable bonds is 8. The van der Waals surface area contributed by atoms with E-state index < -0.39 is 0 Å². The molecule has 0 heterocycles. The third-order valence-corrected chi connectivity index (χ3v) is 3.07. The van der Waals surface area contributed by atoms with Crippen LogP contribution in [0.1, 0.15) is 66.2 Å². The Morgan fingerprint density at radius 1 is 1.07 bits per heavy atom. The van der Waals surface area contributed by atoms with E-state index in [1.54, 1.807) is 6.92 Å². The lowest BCUT2D eigenvalue weighted by atomic mass is 9.93. The minimum atomic E-state index is 0.333. The van der Waals surface area contributed by atoms with Crippen LogP contribution in [0, 0.1) is 11.8 Å². The molecule has 0 bridgehead atoms. The maximum atomic E-state index is 10.7. The minimum absolute atomic E-state index is 0.333. The molecule has 0 rings (SSSR count). The van der Waals surface area contributed by atoms with Crippen LogP contribution in [-0.4, -0.2) is 5.78 Å². The van der Waals surface area contributed by atoms with Gasteiger partial charge in [-0.15, -0.1) is 0 Å². The van der Waals surface area contributed by atoms with E-state index in [-0.39, 0.29) is 0 Å². The molecule has 0 fully saturated rings. The van der Waals surface area contributed by atoms with Gasteiger partial charge < -0.3 is 4.79 Å². The zero-order chi connectivity index (χ0) is 11.0. The molecular weight excluding hydrogens is 172 g/mol. The maximum absolute atomic E-state index is 10.7. The van der Waals surface area contributed by atoms with Crippen LogP contribution in [-0.2, 0) is 4.79 Å². The molecule has 0 saturated heterocycles. The van der Waals surface area contributed by atoms with E-state index in [0.29, 0.717) is 5.78 Å². The van der Waals surface area contributed by atoms with Gasteiger partial charge in [0.15, 0.2) is 0 Å². The van der Waals surface area contributed by atoms with Gasteiger partial charge in [0.2, 0.25) is 0 Å². The van der Waals surface area contributed by atoms with Crippen LogP contribution in [0.25, 0.3) is 0 Å². The van der Waals surface area contributed by atoms with Crippen molar-refractivity contribution in [1.29, 1.82) is 0 Å². The van der Waals surface area contributed by atoms with Crippen LogP contribution in [0.4, 0.5) is 0 Å². The van der Waals surface area contributed by atoms with E-state index in [4.69, 9.17) is 0 Å². The normalized spacial score (nSPS) is 15.1. The van der Waals surface area contributed by atoms with Crippen LogP contribution >= 0.6 is 0 Å². The molecule has 0 aromatic rings. The molecule has 2 atom stereocenters. The Morgan fingerprint density at radius 2 is 1.64 bits per heavy atom. The first-order valence-corrected chi connectivity index (χ1v) is 6.05. The lowest BCUT2D eigenvalue weighted by Crippen LogP contribution is -2.00. The lowest BCUT2D eigenvalue weighted by Gasteiger charge is -2.13. The Balaban J connectivity index is 3.36. The topological polar surface area (TPSA) is 17.1 Å². The Bertz CT molecular complexity index is 151. The predicted octanol–water partition coefficient (Wildman–Crippen LogP) is 4.21. The molecule has 14 heavy (non-hydrogen) atoms. The molecule has 0 N–H and O–H groups in total. The molecule has 0 spiro atoms. The highest BCUT2D eigenvalue weighted by atomic mass is 16.1. The molecule has 0 aliphatic carbocycles. The van der Waals surface area contributed by atoms with Crippen molar-refractivity contribution in [3.8, 4) is 0 Å². The van der Waals surface area contributed by atoms with Gasteiger partial charge in [-0.2, -0.15) is 0 Å². The molecule has 84 valence electrons. The first kappa shape index (κ1) is 13.7. The van der Waals surface area contributed by atoms with Crippen LogP contribution < -0.4 is 0 Å². The Hall–Kier alpha value is -0.330. The zero-order valence-electron chi connectivity index (χ0n) is 10.3. The first-order valence-electron chi connectivity index (χ1n) is 6.05. The Labute approximate surface area is 89.3 Å². The summed E-state index contributed by atoms with van der Waals surface area (Å²) in [6, 6.07) is 0. The summed E-state index contributed by atoms with van der Waals surface area (Å²) >= 11 is 0. The summed E-state index contributed by atoms with van der Waals surface area (Å²) < 4.78 is 0. The fourth-order valence-corrected chi connectivity index (χ4v) is 1.62. The van der Waals surface area contributed by atoms with Crippen molar-refractivity contribution < 1.29 is 4.79 Å². The second-order valence-electron chi connectivity index (χ2n) is 4.79. The van der Waals surface area contributed by atoms with E-state index in [0.717, 1.165) is 24.7 Å². The second kappa shape index (κ2) is 8.02. The monoisotopic (exact) mass is 198 g/mol. The van der Waals surface area contributed by atoms with Gasteiger partial charge in [0.1, 0.15) is 5.78 Å². The summed E-state index contributed by atoms with van der Waals surface area (Å²) in [5, 5.41) is 0. The van der Waals surface area contributed by atoms with E-state index in [2.05, 4.69) is 20.8 Å². The highest BCUT2D eigenvalue weighted by Gasteiger charge is 2.05. The summed E-state index contributed by atoms with van der Waals surface area (Å²) in [7, 11) is 0. The smallest absolute Gasteiger partial charge is 0.129 e. The molecule has 0 aromatic carbocycles. The quantitative estimate of drug-likeness (QED) is 0.571. The first-order chi connectivity index (χ1) is 6.56. The molecule has 0 aliphatic rings. The van der Waals surface area contributed by atoms with Gasteiger partial charge in [-0.05, 0) is 25.2 Å². The number of hydrogen-bond donors (Lipinski definition) is 0. The zero-order valence-corrected chi connectivity index (χ0v) is 10.3.